The lowest BCUT2D eigenvalue weighted by Gasteiger charge is -2.19. The number of fused-ring (bicyclic) bond motifs is 2. The van der Waals surface area contributed by atoms with Crippen LogP contribution in [-0.2, 0) is 11.3 Å². The Morgan fingerprint density at radius 3 is 2.75 bits per heavy atom. The largest absolute Gasteiger partial charge is 0.454 e. The van der Waals surface area contributed by atoms with Crippen molar-refractivity contribution in [3.8, 4) is 11.5 Å². The quantitative estimate of drug-likeness (QED) is 0.491. The van der Waals surface area contributed by atoms with Crippen LogP contribution in [0.15, 0.2) is 67.0 Å². The molecule has 1 atom stereocenters. The zero-order valence-corrected chi connectivity index (χ0v) is 18.2. The number of nitrogens with one attached hydrogen (secondary N) is 1. The summed E-state index contributed by atoms with van der Waals surface area (Å²) in [5, 5.41) is 3.07. The monoisotopic (exact) mass is 427 g/mol. The second-order valence-corrected chi connectivity index (χ2v) is 8.15. The van der Waals surface area contributed by atoms with Crippen LogP contribution < -0.4 is 14.8 Å². The van der Waals surface area contributed by atoms with Gasteiger partial charge in [0.05, 0.1) is 5.69 Å². The lowest BCUT2D eigenvalue weighted by Crippen LogP contribution is -2.25. The van der Waals surface area contributed by atoms with Gasteiger partial charge in [0.1, 0.15) is 5.65 Å². The van der Waals surface area contributed by atoms with E-state index in [9.17, 15) is 4.79 Å². The van der Waals surface area contributed by atoms with Gasteiger partial charge in [0, 0.05) is 31.3 Å². The Kier molecular flexibility index (Phi) is 5.27. The summed E-state index contributed by atoms with van der Waals surface area (Å²) in [5.41, 5.74) is 6.30. The number of imidazole rings is 1. The molecule has 0 aliphatic carbocycles. The van der Waals surface area contributed by atoms with E-state index in [1.807, 2.05) is 61.8 Å². The Balaban J connectivity index is 1.40. The predicted octanol–water partition coefficient (Wildman–Crippen LogP) is 4.52. The summed E-state index contributed by atoms with van der Waals surface area (Å²) >= 11 is 0. The molecule has 0 fully saturated rings. The summed E-state index contributed by atoms with van der Waals surface area (Å²) in [6.45, 7) is 4.80. The van der Waals surface area contributed by atoms with E-state index in [0.717, 1.165) is 45.1 Å². The number of hydrogen-bond acceptors (Lipinski definition) is 4. The first-order valence-corrected chi connectivity index (χ1v) is 10.7. The third-order valence-electron chi connectivity index (χ3n) is 6.00. The normalized spacial score (nSPS) is 13.3. The van der Waals surface area contributed by atoms with Crippen molar-refractivity contribution < 1.29 is 14.3 Å². The predicted molar refractivity (Wildman–Crippen MR) is 122 cm³/mol. The van der Waals surface area contributed by atoms with Gasteiger partial charge in [-0.05, 0) is 54.3 Å². The average Bonchev–Trinajstić information content (AvgIpc) is 3.44. The number of carbonyl (C=O) groups is 1. The van der Waals surface area contributed by atoms with Crippen molar-refractivity contribution >= 4 is 11.6 Å². The van der Waals surface area contributed by atoms with Crippen LogP contribution in [0.1, 0.15) is 40.3 Å². The van der Waals surface area contributed by atoms with Gasteiger partial charge in [-0.25, -0.2) is 4.98 Å². The minimum atomic E-state index is -0.107. The minimum absolute atomic E-state index is 0.0153. The van der Waals surface area contributed by atoms with Crippen LogP contribution in [0.5, 0.6) is 11.5 Å². The van der Waals surface area contributed by atoms with Gasteiger partial charge in [-0.1, -0.05) is 36.4 Å². The van der Waals surface area contributed by atoms with Crippen LogP contribution in [0.4, 0.5) is 0 Å². The van der Waals surface area contributed by atoms with Crippen LogP contribution >= 0.6 is 0 Å². The number of pyridine rings is 1. The van der Waals surface area contributed by atoms with Gasteiger partial charge in [-0.15, -0.1) is 0 Å². The Labute approximate surface area is 186 Å². The summed E-state index contributed by atoms with van der Waals surface area (Å²) in [7, 11) is 0. The molecule has 0 spiro atoms. The fraction of sp³-hybridized carbons (Fsp3) is 0.231. The van der Waals surface area contributed by atoms with Gasteiger partial charge in [0.2, 0.25) is 12.7 Å². The third kappa shape index (κ3) is 3.80. The molecule has 0 bridgehead atoms. The van der Waals surface area contributed by atoms with Crippen molar-refractivity contribution in [3.05, 3.63) is 94.9 Å². The lowest BCUT2D eigenvalue weighted by atomic mass is 9.89. The maximum Gasteiger partial charge on any atom is 0.231 e. The van der Waals surface area contributed by atoms with Gasteiger partial charge in [-0.2, -0.15) is 0 Å². The van der Waals surface area contributed by atoms with E-state index in [1.165, 1.54) is 0 Å². The summed E-state index contributed by atoms with van der Waals surface area (Å²) in [5.74, 6) is 1.33. The maximum absolute atomic E-state index is 13.0. The molecule has 3 heterocycles. The third-order valence-corrected chi connectivity index (χ3v) is 6.00. The van der Waals surface area contributed by atoms with Crippen LogP contribution in [-0.4, -0.2) is 22.1 Å². The highest BCUT2D eigenvalue weighted by molar-refractivity contribution is 5.77. The van der Waals surface area contributed by atoms with E-state index < -0.39 is 0 Å². The second-order valence-electron chi connectivity index (χ2n) is 8.15. The Bertz CT molecular complexity index is 1290. The first-order valence-electron chi connectivity index (χ1n) is 10.7. The van der Waals surface area contributed by atoms with Crippen LogP contribution in [0, 0.1) is 13.8 Å². The standard InChI is InChI=1S/C26H25N3O3/c1-17-6-3-4-8-20(17)21(22-15-28-26-18(2)7-5-11-29(22)26)13-25(30)27-14-19-9-10-23-24(12-19)32-16-31-23/h3-12,15,21H,13-14,16H2,1-2H3,(H,27,30). The van der Waals surface area contributed by atoms with E-state index >= 15 is 0 Å². The number of nitrogens with zero attached hydrogens (tertiary/aromatic N) is 2. The molecule has 1 amide bonds. The number of aryl methyl sites for hydroxylation is 2. The molecule has 5 rings (SSSR count). The molecule has 0 radical (unpaired) electrons. The van der Waals surface area contributed by atoms with Crippen molar-refractivity contribution in [1.29, 1.82) is 0 Å². The zero-order valence-electron chi connectivity index (χ0n) is 18.2. The van der Waals surface area contributed by atoms with Crippen LogP contribution in [0.3, 0.4) is 0 Å². The molecule has 0 saturated carbocycles. The molecule has 1 aliphatic rings. The number of hydrogen-bond donors (Lipinski definition) is 1. The molecule has 1 aliphatic heterocycles. The van der Waals surface area contributed by atoms with Crippen molar-refractivity contribution in [2.75, 3.05) is 6.79 Å². The zero-order chi connectivity index (χ0) is 22.1. The number of rotatable bonds is 6. The van der Waals surface area contributed by atoms with Gasteiger partial charge >= 0.3 is 0 Å². The van der Waals surface area contributed by atoms with E-state index in [0.29, 0.717) is 13.0 Å². The summed E-state index contributed by atoms with van der Waals surface area (Å²) in [6.07, 6.45) is 4.24. The highest BCUT2D eigenvalue weighted by Crippen LogP contribution is 2.33. The molecular weight excluding hydrogens is 402 g/mol. The summed E-state index contributed by atoms with van der Waals surface area (Å²) < 4.78 is 12.9. The topological polar surface area (TPSA) is 64.9 Å². The van der Waals surface area contributed by atoms with Gasteiger partial charge < -0.3 is 19.2 Å². The number of aromatic nitrogens is 2. The molecule has 4 aromatic rings. The van der Waals surface area contributed by atoms with Gasteiger partial charge in [0.25, 0.3) is 0 Å². The Morgan fingerprint density at radius 1 is 1.06 bits per heavy atom. The molecule has 6 nitrogen and oxygen atoms in total. The number of ether oxygens (including phenoxy) is 2. The SMILES string of the molecule is Cc1ccccc1C(CC(=O)NCc1ccc2c(c1)OCO2)c1cnc2c(C)cccn12. The van der Waals surface area contributed by atoms with Crippen LogP contribution in [0.2, 0.25) is 0 Å². The van der Waals surface area contributed by atoms with Crippen molar-refractivity contribution in [2.24, 2.45) is 0 Å². The van der Waals surface area contributed by atoms with Crippen LogP contribution in [0.25, 0.3) is 5.65 Å². The Hall–Kier alpha value is -3.80. The summed E-state index contributed by atoms with van der Waals surface area (Å²) in [4.78, 5) is 17.7. The fourth-order valence-electron chi connectivity index (χ4n) is 4.29. The lowest BCUT2D eigenvalue weighted by molar-refractivity contribution is -0.121. The number of amides is 1. The molecule has 6 heteroatoms. The first kappa shape index (κ1) is 20.1. The molecule has 2 aromatic carbocycles. The molecule has 2 aromatic heterocycles. The second kappa shape index (κ2) is 8.38. The van der Waals surface area contributed by atoms with Gasteiger partial charge in [-0.3, -0.25) is 4.79 Å². The number of carbonyl (C=O) groups excluding carboxylic acids is 1. The molecule has 0 saturated heterocycles. The molecule has 32 heavy (non-hydrogen) atoms. The van der Waals surface area contributed by atoms with E-state index in [2.05, 4.69) is 33.8 Å². The minimum Gasteiger partial charge on any atom is -0.454 e. The average molecular weight is 428 g/mol. The van der Waals surface area contributed by atoms with Crippen molar-refractivity contribution in [2.45, 2.75) is 32.7 Å². The highest BCUT2D eigenvalue weighted by atomic mass is 16.7. The molecular formula is C26H25N3O3. The van der Waals surface area contributed by atoms with E-state index in [4.69, 9.17) is 9.47 Å². The molecule has 1 N–H and O–H groups in total. The molecule has 1 unspecified atom stereocenters. The first-order chi connectivity index (χ1) is 15.6. The highest BCUT2D eigenvalue weighted by Gasteiger charge is 2.23. The smallest absolute Gasteiger partial charge is 0.231 e. The van der Waals surface area contributed by atoms with Crippen molar-refractivity contribution in [1.82, 2.24) is 14.7 Å². The number of benzene rings is 2. The Morgan fingerprint density at radius 2 is 1.88 bits per heavy atom. The van der Waals surface area contributed by atoms with E-state index in [1.54, 1.807) is 0 Å². The summed E-state index contributed by atoms with van der Waals surface area (Å²) in [6, 6.07) is 18.0. The fourth-order valence-corrected chi connectivity index (χ4v) is 4.29. The van der Waals surface area contributed by atoms with E-state index in [-0.39, 0.29) is 18.6 Å². The van der Waals surface area contributed by atoms with Crippen molar-refractivity contribution in [3.63, 3.8) is 0 Å². The van der Waals surface area contributed by atoms with Gasteiger partial charge in [0.15, 0.2) is 11.5 Å². The maximum atomic E-state index is 13.0. The molecule has 162 valence electrons.